The molecule has 0 aromatic carbocycles. The molecule has 1 aliphatic heterocycles. The van der Waals surface area contributed by atoms with E-state index in [1.165, 1.54) is 18.3 Å². The number of anilines is 1. The molecule has 3 N–H and O–H groups in total. The molecule has 0 amide bonds. The normalized spacial score (nSPS) is 23.6. The van der Waals surface area contributed by atoms with E-state index in [9.17, 15) is 8.42 Å². The number of nitrogens with one attached hydrogen (secondary N) is 1. The first-order valence-electron chi connectivity index (χ1n) is 6.35. The summed E-state index contributed by atoms with van der Waals surface area (Å²) in [5, 5.41) is 0. The number of aromatic nitrogens is 1. The monoisotopic (exact) mass is 285 g/mol. The summed E-state index contributed by atoms with van der Waals surface area (Å²) in [5.41, 5.74) is 5.49. The average molecular weight is 285 g/mol. The number of hydrogen-bond acceptors (Lipinski definition) is 5. The molecule has 0 aliphatic carbocycles. The van der Waals surface area contributed by atoms with Crippen LogP contribution in [0.4, 0.5) is 5.82 Å². The Labute approximate surface area is 113 Å². The lowest BCUT2D eigenvalue weighted by molar-refractivity contribution is 0.0884. The van der Waals surface area contributed by atoms with Crippen LogP contribution in [-0.2, 0) is 14.8 Å². The maximum absolute atomic E-state index is 12.1. The first-order chi connectivity index (χ1) is 9.03. The molecule has 0 saturated carbocycles. The van der Waals surface area contributed by atoms with E-state index < -0.39 is 10.0 Å². The van der Waals surface area contributed by atoms with Crippen molar-refractivity contribution >= 4 is 15.8 Å². The molecule has 0 radical (unpaired) electrons. The van der Waals surface area contributed by atoms with Crippen molar-refractivity contribution in [2.24, 2.45) is 5.92 Å². The van der Waals surface area contributed by atoms with Crippen molar-refractivity contribution in [1.29, 1.82) is 0 Å². The van der Waals surface area contributed by atoms with E-state index in [2.05, 4.69) is 9.71 Å². The molecule has 0 bridgehead atoms. The van der Waals surface area contributed by atoms with Gasteiger partial charge < -0.3 is 10.5 Å². The molecule has 1 saturated heterocycles. The van der Waals surface area contributed by atoms with Crippen molar-refractivity contribution in [3.05, 3.63) is 18.3 Å². The lowest BCUT2D eigenvalue weighted by Gasteiger charge is -2.17. The Bertz CT molecular complexity index is 533. The smallest absolute Gasteiger partial charge is 0.240 e. The minimum absolute atomic E-state index is 0.144. The van der Waals surface area contributed by atoms with Gasteiger partial charge in [0.2, 0.25) is 10.0 Å². The number of sulfonamides is 1. The first-order valence-corrected chi connectivity index (χ1v) is 7.84. The van der Waals surface area contributed by atoms with E-state index in [4.69, 9.17) is 10.5 Å². The Balaban J connectivity index is 2.02. The average Bonchev–Trinajstić information content (AvgIpc) is 2.84. The summed E-state index contributed by atoms with van der Waals surface area (Å²) >= 11 is 0. The molecule has 19 heavy (non-hydrogen) atoms. The number of nitrogens with two attached hydrogens (primary N) is 1. The maximum atomic E-state index is 12.1. The molecule has 1 aromatic heterocycles. The zero-order valence-corrected chi connectivity index (χ0v) is 11.7. The van der Waals surface area contributed by atoms with Gasteiger partial charge in [-0.1, -0.05) is 6.92 Å². The fourth-order valence-electron chi connectivity index (χ4n) is 2.27. The van der Waals surface area contributed by atoms with E-state index in [0.29, 0.717) is 13.2 Å². The Hall–Kier alpha value is -1.18. The van der Waals surface area contributed by atoms with Gasteiger partial charge in [-0.05, 0) is 18.9 Å². The van der Waals surface area contributed by atoms with Gasteiger partial charge >= 0.3 is 0 Å². The highest BCUT2D eigenvalue weighted by Gasteiger charge is 2.28. The summed E-state index contributed by atoms with van der Waals surface area (Å²) < 4.78 is 32.4. The fourth-order valence-corrected chi connectivity index (χ4v) is 3.39. The van der Waals surface area contributed by atoms with Crippen LogP contribution in [0.5, 0.6) is 0 Å². The van der Waals surface area contributed by atoms with Crippen LogP contribution in [0.1, 0.15) is 19.8 Å². The van der Waals surface area contributed by atoms with Crippen molar-refractivity contribution in [2.45, 2.75) is 30.8 Å². The van der Waals surface area contributed by atoms with E-state index in [-0.39, 0.29) is 22.7 Å². The van der Waals surface area contributed by atoms with E-state index in [0.717, 1.165) is 12.8 Å². The predicted octanol–water partition coefficient (Wildman–Crippen LogP) is 0.757. The second kappa shape index (κ2) is 5.85. The topological polar surface area (TPSA) is 94.3 Å². The third kappa shape index (κ3) is 3.43. The van der Waals surface area contributed by atoms with Crippen molar-refractivity contribution < 1.29 is 13.2 Å². The summed E-state index contributed by atoms with van der Waals surface area (Å²) in [4.78, 5) is 3.93. The lowest BCUT2D eigenvalue weighted by atomic mass is 10.0. The van der Waals surface area contributed by atoms with Gasteiger partial charge in [0.05, 0.1) is 11.0 Å². The molecule has 1 aliphatic rings. The zero-order valence-electron chi connectivity index (χ0n) is 10.9. The standard InChI is InChI=1S/C12H19N3O3S/c1-2-11-9(4-6-18-11)8-15-19(16,17)10-3-5-14-12(13)7-10/h3,5,7,9,11,15H,2,4,6,8H2,1H3,(H2,13,14). The molecule has 1 aromatic rings. The summed E-state index contributed by atoms with van der Waals surface area (Å²) in [6.45, 7) is 3.14. The van der Waals surface area contributed by atoms with Crippen LogP contribution in [0, 0.1) is 5.92 Å². The van der Waals surface area contributed by atoms with Crippen LogP contribution in [0.25, 0.3) is 0 Å². The molecule has 0 spiro atoms. The molecule has 1 fully saturated rings. The first kappa shape index (κ1) is 14.2. The molecule has 6 nitrogen and oxygen atoms in total. The van der Waals surface area contributed by atoms with Gasteiger partial charge in [-0.3, -0.25) is 0 Å². The van der Waals surface area contributed by atoms with Gasteiger partial charge in [0.15, 0.2) is 0 Å². The fraction of sp³-hybridized carbons (Fsp3) is 0.583. The van der Waals surface area contributed by atoms with Gasteiger partial charge in [0.25, 0.3) is 0 Å². The Morgan fingerprint density at radius 1 is 1.58 bits per heavy atom. The van der Waals surface area contributed by atoms with E-state index in [1.807, 2.05) is 6.92 Å². The summed E-state index contributed by atoms with van der Waals surface area (Å²) in [7, 11) is -3.53. The van der Waals surface area contributed by atoms with Gasteiger partial charge in [0, 0.05) is 31.3 Å². The summed E-state index contributed by atoms with van der Waals surface area (Å²) in [6.07, 6.45) is 3.32. The van der Waals surface area contributed by atoms with Crippen LogP contribution >= 0.6 is 0 Å². The Morgan fingerprint density at radius 3 is 3.05 bits per heavy atom. The third-order valence-corrected chi connectivity index (χ3v) is 4.77. The largest absolute Gasteiger partial charge is 0.384 e. The molecule has 2 heterocycles. The second-order valence-corrected chi connectivity index (χ2v) is 6.40. The molecule has 2 atom stereocenters. The van der Waals surface area contributed by atoms with Gasteiger partial charge in [-0.15, -0.1) is 0 Å². The minimum atomic E-state index is -3.53. The van der Waals surface area contributed by atoms with E-state index in [1.54, 1.807) is 0 Å². The highest BCUT2D eigenvalue weighted by molar-refractivity contribution is 7.89. The molecular formula is C12H19N3O3S. The Morgan fingerprint density at radius 2 is 2.37 bits per heavy atom. The van der Waals surface area contributed by atoms with Gasteiger partial charge in [-0.25, -0.2) is 18.1 Å². The summed E-state index contributed by atoms with van der Waals surface area (Å²) in [6, 6.07) is 2.78. The SMILES string of the molecule is CCC1OCCC1CNS(=O)(=O)c1ccnc(N)c1. The van der Waals surface area contributed by atoms with Gasteiger partial charge in [-0.2, -0.15) is 0 Å². The second-order valence-electron chi connectivity index (χ2n) is 4.63. The number of hydrogen-bond donors (Lipinski definition) is 2. The summed E-state index contributed by atoms with van der Waals surface area (Å²) in [5.74, 6) is 0.428. The quantitative estimate of drug-likeness (QED) is 0.833. The molecule has 7 heteroatoms. The molecule has 2 rings (SSSR count). The highest BCUT2D eigenvalue weighted by atomic mass is 32.2. The lowest BCUT2D eigenvalue weighted by Crippen LogP contribution is -2.32. The highest BCUT2D eigenvalue weighted by Crippen LogP contribution is 2.23. The van der Waals surface area contributed by atoms with Crippen molar-refractivity contribution in [3.63, 3.8) is 0 Å². The van der Waals surface area contributed by atoms with Crippen LogP contribution < -0.4 is 10.5 Å². The third-order valence-electron chi connectivity index (χ3n) is 3.35. The molecular weight excluding hydrogens is 266 g/mol. The minimum Gasteiger partial charge on any atom is -0.384 e. The predicted molar refractivity (Wildman–Crippen MR) is 72.0 cm³/mol. The number of rotatable bonds is 5. The van der Waals surface area contributed by atoms with Gasteiger partial charge in [0.1, 0.15) is 5.82 Å². The van der Waals surface area contributed by atoms with E-state index >= 15 is 0 Å². The molecule has 2 unspecified atom stereocenters. The van der Waals surface area contributed by atoms with Crippen molar-refractivity contribution in [1.82, 2.24) is 9.71 Å². The van der Waals surface area contributed by atoms with Crippen molar-refractivity contribution in [3.8, 4) is 0 Å². The number of pyridine rings is 1. The Kier molecular flexibility index (Phi) is 4.38. The number of nitrogen functional groups attached to an aromatic ring is 1. The maximum Gasteiger partial charge on any atom is 0.240 e. The van der Waals surface area contributed by atoms with Crippen molar-refractivity contribution in [2.75, 3.05) is 18.9 Å². The molecule has 106 valence electrons. The van der Waals surface area contributed by atoms with Crippen LogP contribution in [0.3, 0.4) is 0 Å². The number of nitrogens with zero attached hydrogens (tertiary/aromatic N) is 1. The van der Waals surface area contributed by atoms with Crippen LogP contribution in [0.15, 0.2) is 23.2 Å². The zero-order chi connectivity index (χ0) is 13.9. The van der Waals surface area contributed by atoms with Crippen LogP contribution in [0.2, 0.25) is 0 Å². The number of ether oxygens (including phenoxy) is 1. The van der Waals surface area contributed by atoms with Crippen LogP contribution in [-0.4, -0.2) is 32.7 Å².